The average molecular weight is 508 g/mol. The Hall–Kier alpha value is -2.10. The number of hydrogen-bond donors (Lipinski definition) is 0. The summed E-state index contributed by atoms with van der Waals surface area (Å²) in [7, 11) is -3.41. The molecule has 0 aromatic heterocycles. The quantitative estimate of drug-likeness (QED) is 0.633. The van der Waals surface area contributed by atoms with Gasteiger partial charge in [0.1, 0.15) is 0 Å². The minimum atomic E-state index is -3.41. The zero-order valence-electron chi connectivity index (χ0n) is 17.5. The third-order valence-corrected chi connectivity index (χ3v) is 7.32. The lowest BCUT2D eigenvalue weighted by Gasteiger charge is -2.37. The first-order chi connectivity index (χ1) is 14.8. The third-order valence-electron chi connectivity index (χ3n) is 5.72. The van der Waals surface area contributed by atoms with E-state index >= 15 is 0 Å². The largest absolute Gasteiger partial charge is 0.378 e. The number of halogens is 1. The molecular formula is C22H26BrN3O4S. The topological polar surface area (TPSA) is 70.2 Å². The van der Waals surface area contributed by atoms with E-state index in [2.05, 4.69) is 37.9 Å². The molecule has 1 amide bonds. The number of ether oxygens (including phenoxy) is 1. The number of piperazine rings is 1. The van der Waals surface area contributed by atoms with Crippen LogP contribution < -0.4 is 9.80 Å². The van der Waals surface area contributed by atoms with Crippen molar-refractivity contribution >= 4 is 43.0 Å². The number of anilines is 2. The number of morpholine rings is 1. The fourth-order valence-corrected chi connectivity index (χ4v) is 5.04. The zero-order valence-corrected chi connectivity index (χ0v) is 19.9. The van der Waals surface area contributed by atoms with Crippen LogP contribution in [0.3, 0.4) is 0 Å². The fraction of sp³-hybridized carbons (Fsp3) is 0.409. The minimum absolute atomic E-state index is 0.124. The Kier molecular flexibility index (Phi) is 6.55. The summed E-state index contributed by atoms with van der Waals surface area (Å²) in [6.45, 7) is 5.14. The average Bonchev–Trinajstić information content (AvgIpc) is 2.78. The lowest BCUT2D eigenvalue weighted by atomic mass is 10.1. The van der Waals surface area contributed by atoms with Gasteiger partial charge in [0, 0.05) is 61.4 Å². The summed E-state index contributed by atoms with van der Waals surface area (Å²) in [5, 5.41) is 0. The van der Waals surface area contributed by atoms with Gasteiger partial charge in [0.25, 0.3) is 5.91 Å². The van der Waals surface area contributed by atoms with E-state index in [-0.39, 0.29) is 10.8 Å². The highest BCUT2D eigenvalue weighted by Gasteiger charge is 2.27. The highest BCUT2D eigenvalue weighted by Crippen LogP contribution is 2.28. The molecule has 0 atom stereocenters. The summed E-state index contributed by atoms with van der Waals surface area (Å²) in [6, 6.07) is 13.0. The predicted molar refractivity (Wildman–Crippen MR) is 125 cm³/mol. The molecule has 2 aliphatic rings. The molecule has 7 nitrogen and oxygen atoms in total. The lowest BCUT2D eigenvalue weighted by Crippen LogP contribution is -2.49. The van der Waals surface area contributed by atoms with Gasteiger partial charge in [-0.2, -0.15) is 0 Å². The van der Waals surface area contributed by atoms with Crippen molar-refractivity contribution in [3.8, 4) is 0 Å². The molecule has 2 aromatic rings. The Bertz CT molecular complexity index is 1060. The van der Waals surface area contributed by atoms with Crippen molar-refractivity contribution < 1.29 is 17.9 Å². The Morgan fingerprint density at radius 1 is 0.935 bits per heavy atom. The molecule has 0 spiro atoms. The van der Waals surface area contributed by atoms with Crippen molar-refractivity contribution in [2.75, 3.05) is 68.5 Å². The van der Waals surface area contributed by atoms with Gasteiger partial charge in [-0.25, -0.2) is 8.42 Å². The predicted octanol–water partition coefficient (Wildman–Crippen LogP) is 2.65. The molecule has 9 heteroatoms. The van der Waals surface area contributed by atoms with Gasteiger partial charge in [-0.15, -0.1) is 0 Å². The van der Waals surface area contributed by atoms with E-state index in [0.29, 0.717) is 45.0 Å². The SMILES string of the molecule is CS(=O)(=O)c1ccc(N2CCOCC2)c(C(=O)N2CCN(c3cccc(Br)c3)CC2)c1. The van der Waals surface area contributed by atoms with Crippen LogP contribution in [0, 0.1) is 0 Å². The highest BCUT2D eigenvalue weighted by atomic mass is 79.9. The van der Waals surface area contributed by atoms with Crippen molar-refractivity contribution in [1.82, 2.24) is 4.90 Å². The number of hydrogen-bond acceptors (Lipinski definition) is 6. The molecule has 0 aliphatic carbocycles. The van der Waals surface area contributed by atoms with Crippen LogP contribution in [0.2, 0.25) is 0 Å². The Morgan fingerprint density at radius 2 is 1.65 bits per heavy atom. The van der Waals surface area contributed by atoms with Crippen LogP contribution in [-0.4, -0.2) is 78.0 Å². The van der Waals surface area contributed by atoms with Gasteiger partial charge >= 0.3 is 0 Å². The molecule has 2 fully saturated rings. The molecule has 31 heavy (non-hydrogen) atoms. The monoisotopic (exact) mass is 507 g/mol. The van der Waals surface area contributed by atoms with Gasteiger partial charge in [-0.3, -0.25) is 4.79 Å². The fourth-order valence-electron chi connectivity index (χ4n) is 4.01. The second-order valence-electron chi connectivity index (χ2n) is 7.81. The van der Waals surface area contributed by atoms with E-state index in [0.717, 1.165) is 28.9 Å². The summed E-state index contributed by atoms with van der Waals surface area (Å²) in [4.78, 5) is 19.8. The van der Waals surface area contributed by atoms with Crippen LogP contribution in [0.1, 0.15) is 10.4 Å². The first-order valence-electron chi connectivity index (χ1n) is 10.3. The number of nitrogens with zero attached hydrogens (tertiary/aromatic N) is 3. The minimum Gasteiger partial charge on any atom is -0.378 e. The summed E-state index contributed by atoms with van der Waals surface area (Å²) in [6.07, 6.45) is 1.17. The summed E-state index contributed by atoms with van der Waals surface area (Å²) in [5.41, 5.74) is 2.34. The molecule has 2 saturated heterocycles. The zero-order chi connectivity index (χ0) is 22.0. The molecule has 4 rings (SSSR count). The van der Waals surface area contributed by atoms with Crippen LogP contribution >= 0.6 is 15.9 Å². The molecule has 0 bridgehead atoms. The molecule has 166 valence electrons. The maximum absolute atomic E-state index is 13.5. The molecule has 2 aliphatic heterocycles. The molecule has 0 radical (unpaired) electrons. The lowest BCUT2D eigenvalue weighted by molar-refractivity contribution is 0.0746. The van der Waals surface area contributed by atoms with E-state index in [4.69, 9.17) is 4.74 Å². The molecule has 2 aromatic carbocycles. The molecule has 2 heterocycles. The van der Waals surface area contributed by atoms with Gasteiger partial charge in [-0.05, 0) is 36.4 Å². The summed E-state index contributed by atoms with van der Waals surface area (Å²) in [5.74, 6) is -0.124. The molecule has 0 N–H and O–H groups in total. The van der Waals surface area contributed by atoms with Crippen LogP contribution in [0.5, 0.6) is 0 Å². The standard InChI is InChI=1S/C22H26BrN3O4S/c1-31(28,29)19-5-6-21(25-11-13-30-14-12-25)20(16-19)22(27)26-9-7-24(8-10-26)18-4-2-3-17(23)15-18/h2-6,15-16H,7-14H2,1H3. The van der Waals surface area contributed by atoms with Crippen molar-refractivity contribution in [2.45, 2.75) is 4.90 Å². The summed E-state index contributed by atoms with van der Waals surface area (Å²) >= 11 is 3.51. The van der Waals surface area contributed by atoms with Crippen LogP contribution in [0.25, 0.3) is 0 Å². The number of rotatable bonds is 4. The normalized spacial score (nSPS) is 17.7. The van der Waals surface area contributed by atoms with E-state index in [1.54, 1.807) is 12.1 Å². The highest BCUT2D eigenvalue weighted by molar-refractivity contribution is 9.10. The van der Waals surface area contributed by atoms with Gasteiger partial charge < -0.3 is 19.4 Å². The second kappa shape index (κ2) is 9.18. The Labute approximate surface area is 191 Å². The van der Waals surface area contributed by atoms with Crippen LogP contribution in [0.4, 0.5) is 11.4 Å². The van der Waals surface area contributed by atoms with Crippen molar-refractivity contribution in [1.29, 1.82) is 0 Å². The number of carbonyl (C=O) groups excluding carboxylic acids is 1. The van der Waals surface area contributed by atoms with Gasteiger partial charge in [0.05, 0.1) is 23.7 Å². The third kappa shape index (κ3) is 5.05. The Morgan fingerprint density at radius 3 is 2.29 bits per heavy atom. The van der Waals surface area contributed by atoms with Gasteiger partial charge in [-0.1, -0.05) is 22.0 Å². The summed E-state index contributed by atoms with van der Waals surface area (Å²) < 4.78 is 30.7. The van der Waals surface area contributed by atoms with Gasteiger partial charge in [0.2, 0.25) is 0 Å². The Balaban J connectivity index is 1.57. The van der Waals surface area contributed by atoms with E-state index in [1.807, 2.05) is 17.0 Å². The second-order valence-corrected chi connectivity index (χ2v) is 10.7. The van der Waals surface area contributed by atoms with Crippen molar-refractivity contribution in [2.24, 2.45) is 0 Å². The number of benzene rings is 2. The first-order valence-corrected chi connectivity index (χ1v) is 13.0. The number of carbonyl (C=O) groups is 1. The van der Waals surface area contributed by atoms with E-state index in [9.17, 15) is 13.2 Å². The molecular weight excluding hydrogens is 482 g/mol. The van der Waals surface area contributed by atoms with E-state index in [1.165, 1.54) is 12.3 Å². The maximum atomic E-state index is 13.5. The van der Waals surface area contributed by atoms with Gasteiger partial charge in [0.15, 0.2) is 9.84 Å². The van der Waals surface area contributed by atoms with Crippen molar-refractivity contribution in [3.05, 3.63) is 52.5 Å². The number of sulfone groups is 1. The number of amides is 1. The molecule has 0 unspecified atom stereocenters. The smallest absolute Gasteiger partial charge is 0.256 e. The first kappa shape index (κ1) is 22.1. The van der Waals surface area contributed by atoms with Crippen molar-refractivity contribution in [3.63, 3.8) is 0 Å². The molecule has 0 saturated carbocycles. The van der Waals surface area contributed by atoms with Crippen LogP contribution in [0.15, 0.2) is 51.8 Å². The maximum Gasteiger partial charge on any atom is 0.256 e. The van der Waals surface area contributed by atoms with Crippen LogP contribution in [-0.2, 0) is 14.6 Å². The van der Waals surface area contributed by atoms with E-state index < -0.39 is 9.84 Å².